The van der Waals surface area contributed by atoms with Crippen molar-refractivity contribution in [2.45, 2.75) is 18.2 Å². The number of nitrogens with zero attached hydrogens (tertiary/aromatic N) is 2. The minimum Gasteiger partial charge on any atom is -0.382 e. The van der Waals surface area contributed by atoms with Crippen molar-refractivity contribution < 1.29 is 17.2 Å². The predicted octanol–water partition coefficient (Wildman–Crippen LogP) is 1.22. The minimum absolute atomic E-state index is 0.132. The van der Waals surface area contributed by atoms with Gasteiger partial charge in [-0.25, -0.2) is 17.2 Å². The van der Waals surface area contributed by atoms with Gasteiger partial charge in [0, 0.05) is 7.05 Å². The van der Waals surface area contributed by atoms with Crippen LogP contribution in [0.3, 0.4) is 0 Å². The van der Waals surface area contributed by atoms with Crippen LogP contribution in [0.1, 0.15) is 6.92 Å². The molecule has 0 saturated heterocycles. The molecule has 0 amide bonds. The van der Waals surface area contributed by atoms with E-state index in [1.165, 1.54) is 14.0 Å². The quantitative estimate of drug-likeness (QED) is 0.880. The molecular weight excluding hydrogens is 272 g/mol. The smallest absolute Gasteiger partial charge is 0.255 e. The predicted molar refractivity (Wildman–Crippen MR) is 63.5 cm³/mol. The minimum atomic E-state index is -3.56. The second kappa shape index (κ2) is 5.13. The average Bonchev–Trinajstić information content (AvgIpc) is 2.60. The molecular formula is C8H13F2N3O2S2. The van der Waals surface area contributed by atoms with E-state index >= 15 is 0 Å². The first-order valence-electron chi connectivity index (χ1n) is 4.76. The van der Waals surface area contributed by atoms with Crippen LogP contribution in [0.15, 0.2) is 4.90 Å². The third-order valence-corrected chi connectivity index (χ3v) is 5.00. The van der Waals surface area contributed by atoms with Crippen molar-refractivity contribution in [2.24, 2.45) is 0 Å². The van der Waals surface area contributed by atoms with E-state index in [2.05, 4.69) is 4.37 Å². The second-order valence-electron chi connectivity index (χ2n) is 3.38. The summed E-state index contributed by atoms with van der Waals surface area (Å²) in [4.78, 5) is 1.01. The maximum atomic E-state index is 12.2. The van der Waals surface area contributed by atoms with Gasteiger partial charge in [-0.2, -0.15) is 4.37 Å². The first kappa shape index (κ1) is 14.1. The number of aromatic nitrogens is 1. The van der Waals surface area contributed by atoms with Gasteiger partial charge in [0.1, 0.15) is 9.90 Å². The summed E-state index contributed by atoms with van der Waals surface area (Å²) in [5.74, 6) is -0.279. The van der Waals surface area contributed by atoms with Crippen LogP contribution in [0.5, 0.6) is 0 Å². The Hall–Kier alpha value is -0.960. The largest absolute Gasteiger partial charge is 0.382 e. The summed E-state index contributed by atoms with van der Waals surface area (Å²) in [6, 6.07) is 0. The number of halogens is 2. The Morgan fingerprint density at radius 2 is 2.12 bits per heavy atom. The number of alkyl halides is 2. The molecule has 0 aliphatic heterocycles. The topological polar surface area (TPSA) is 76.3 Å². The lowest BCUT2D eigenvalue weighted by atomic mass is 10.5. The third kappa shape index (κ3) is 3.03. The van der Waals surface area contributed by atoms with Crippen molar-refractivity contribution in [3.63, 3.8) is 0 Å². The van der Waals surface area contributed by atoms with Crippen molar-refractivity contribution >= 4 is 32.2 Å². The van der Waals surface area contributed by atoms with Crippen LogP contribution >= 0.6 is 11.5 Å². The van der Waals surface area contributed by atoms with E-state index in [-0.39, 0.29) is 21.5 Å². The van der Waals surface area contributed by atoms with Crippen LogP contribution in [0.25, 0.3) is 0 Å². The fourth-order valence-corrected chi connectivity index (χ4v) is 3.56. The Bertz CT molecular complexity index is 487. The third-order valence-electron chi connectivity index (χ3n) is 2.11. The zero-order valence-electron chi connectivity index (χ0n) is 9.35. The van der Waals surface area contributed by atoms with Gasteiger partial charge in [-0.1, -0.05) is 6.92 Å². The molecule has 17 heavy (non-hydrogen) atoms. The van der Waals surface area contributed by atoms with E-state index in [0.717, 1.165) is 16.4 Å². The molecule has 0 saturated carbocycles. The molecule has 0 radical (unpaired) electrons. The monoisotopic (exact) mass is 285 g/mol. The summed E-state index contributed by atoms with van der Waals surface area (Å²) < 4.78 is 51.7. The van der Waals surface area contributed by atoms with Crippen LogP contribution < -0.4 is 10.6 Å². The molecule has 0 aliphatic rings. The molecule has 98 valence electrons. The zero-order valence-corrected chi connectivity index (χ0v) is 11.0. The molecule has 2 N–H and O–H groups in total. The molecule has 0 aliphatic carbocycles. The van der Waals surface area contributed by atoms with Crippen LogP contribution in [0.2, 0.25) is 0 Å². The van der Waals surface area contributed by atoms with Gasteiger partial charge in [0.05, 0.1) is 12.3 Å². The molecule has 9 heteroatoms. The lowest BCUT2D eigenvalue weighted by Crippen LogP contribution is -2.25. The maximum absolute atomic E-state index is 12.2. The van der Waals surface area contributed by atoms with Crippen molar-refractivity contribution in [2.75, 3.05) is 30.0 Å². The lowest BCUT2D eigenvalue weighted by molar-refractivity contribution is 0.156. The van der Waals surface area contributed by atoms with Gasteiger partial charge in [0.15, 0.2) is 15.7 Å². The Labute approximate surface area is 102 Å². The summed E-state index contributed by atoms with van der Waals surface area (Å²) in [7, 11) is -2.18. The van der Waals surface area contributed by atoms with Crippen LogP contribution in [0, 0.1) is 0 Å². The van der Waals surface area contributed by atoms with Crippen LogP contribution in [0.4, 0.5) is 19.6 Å². The van der Waals surface area contributed by atoms with E-state index in [9.17, 15) is 17.2 Å². The standard InChI is InChI=1S/C8H13F2N3O2S2/c1-3-17(14,15)6-7(11)12-16-8(6)13(2)4-5(9)10/h5H,3-4H2,1-2H3,(H2,11,12). The number of rotatable bonds is 5. The van der Waals surface area contributed by atoms with E-state index in [4.69, 9.17) is 5.73 Å². The number of hydrogen-bond acceptors (Lipinski definition) is 6. The first-order valence-corrected chi connectivity index (χ1v) is 7.19. The molecule has 0 unspecified atom stereocenters. The molecule has 1 aromatic heterocycles. The van der Waals surface area contributed by atoms with E-state index in [1.807, 2.05) is 0 Å². The Morgan fingerprint density at radius 1 is 1.53 bits per heavy atom. The molecule has 0 fully saturated rings. The lowest BCUT2D eigenvalue weighted by Gasteiger charge is -2.17. The summed E-state index contributed by atoms with van der Waals surface area (Å²) in [5, 5.41) is 0.157. The molecule has 5 nitrogen and oxygen atoms in total. The van der Waals surface area contributed by atoms with Gasteiger partial charge >= 0.3 is 0 Å². The fourth-order valence-electron chi connectivity index (χ4n) is 1.25. The average molecular weight is 285 g/mol. The summed E-state index contributed by atoms with van der Waals surface area (Å²) in [5.41, 5.74) is 5.48. The second-order valence-corrected chi connectivity index (χ2v) is 6.34. The number of nitrogens with two attached hydrogens (primary N) is 1. The van der Waals surface area contributed by atoms with Gasteiger partial charge in [0.2, 0.25) is 0 Å². The SMILES string of the molecule is CCS(=O)(=O)c1c(N)nsc1N(C)CC(F)F. The first-order chi connectivity index (χ1) is 7.79. The Kier molecular flexibility index (Phi) is 4.26. The summed E-state index contributed by atoms with van der Waals surface area (Å²) in [6.07, 6.45) is -2.56. The zero-order chi connectivity index (χ0) is 13.2. The number of nitrogen functional groups attached to an aromatic ring is 1. The highest BCUT2D eigenvalue weighted by Crippen LogP contribution is 2.34. The molecule has 0 bridgehead atoms. The molecule has 1 heterocycles. The van der Waals surface area contributed by atoms with Gasteiger partial charge in [-0.3, -0.25) is 0 Å². The van der Waals surface area contributed by atoms with Crippen molar-refractivity contribution in [1.29, 1.82) is 0 Å². The van der Waals surface area contributed by atoms with Gasteiger partial charge in [0.25, 0.3) is 6.43 Å². The van der Waals surface area contributed by atoms with Crippen molar-refractivity contribution in [1.82, 2.24) is 4.37 Å². The van der Waals surface area contributed by atoms with Crippen LogP contribution in [-0.4, -0.2) is 38.6 Å². The Morgan fingerprint density at radius 3 is 2.59 bits per heavy atom. The summed E-state index contributed by atoms with van der Waals surface area (Å²) >= 11 is 0.807. The highest BCUT2D eigenvalue weighted by molar-refractivity contribution is 7.91. The fraction of sp³-hybridized carbons (Fsp3) is 0.625. The molecule has 1 rings (SSSR count). The molecule has 0 spiro atoms. The van der Waals surface area contributed by atoms with Gasteiger partial charge < -0.3 is 10.6 Å². The van der Waals surface area contributed by atoms with Crippen LogP contribution in [-0.2, 0) is 9.84 Å². The highest BCUT2D eigenvalue weighted by Gasteiger charge is 2.26. The van der Waals surface area contributed by atoms with E-state index in [0.29, 0.717) is 0 Å². The molecule has 0 atom stereocenters. The molecule has 0 aromatic carbocycles. The Balaban J connectivity index is 3.19. The van der Waals surface area contributed by atoms with E-state index in [1.54, 1.807) is 0 Å². The van der Waals surface area contributed by atoms with Gasteiger partial charge in [-0.15, -0.1) is 0 Å². The van der Waals surface area contributed by atoms with E-state index < -0.39 is 22.8 Å². The van der Waals surface area contributed by atoms with Crippen molar-refractivity contribution in [3.8, 4) is 0 Å². The normalized spacial score (nSPS) is 12.1. The number of hydrogen-bond donors (Lipinski definition) is 1. The highest BCUT2D eigenvalue weighted by atomic mass is 32.2. The van der Waals surface area contributed by atoms with Crippen molar-refractivity contribution in [3.05, 3.63) is 0 Å². The number of anilines is 2. The molecule has 1 aromatic rings. The van der Waals surface area contributed by atoms with Gasteiger partial charge in [-0.05, 0) is 11.5 Å². The number of sulfone groups is 1. The maximum Gasteiger partial charge on any atom is 0.255 e. The summed E-state index contributed by atoms with van der Waals surface area (Å²) in [6.45, 7) is 0.900.